The second kappa shape index (κ2) is 6.86. The van der Waals surface area contributed by atoms with Crippen molar-refractivity contribution in [2.24, 2.45) is 0 Å². The molecule has 0 spiro atoms. The van der Waals surface area contributed by atoms with E-state index < -0.39 is 0 Å². The summed E-state index contributed by atoms with van der Waals surface area (Å²) >= 11 is 5.59. The highest BCUT2D eigenvalue weighted by atomic mass is 127. The van der Waals surface area contributed by atoms with E-state index in [9.17, 15) is 4.79 Å². The van der Waals surface area contributed by atoms with Crippen LogP contribution in [0.15, 0.2) is 65.3 Å². The lowest BCUT2D eigenvalue weighted by molar-refractivity contribution is 0.104. The number of carbonyl (C=O) groups is 1. The van der Waals surface area contributed by atoms with Gasteiger partial charge in [-0.3, -0.25) is 4.79 Å². The summed E-state index contributed by atoms with van der Waals surface area (Å²) in [4.78, 5) is 11.9. The van der Waals surface area contributed by atoms with Crippen molar-refractivity contribution >= 4 is 50.0 Å². The van der Waals surface area contributed by atoms with Gasteiger partial charge in [-0.1, -0.05) is 15.9 Å². The number of anilines is 1. The second-order valence-corrected chi connectivity index (χ2v) is 6.02. The van der Waals surface area contributed by atoms with Gasteiger partial charge in [0.05, 0.1) is 0 Å². The van der Waals surface area contributed by atoms with E-state index in [-0.39, 0.29) is 5.78 Å². The minimum absolute atomic E-state index is 0.0227. The van der Waals surface area contributed by atoms with Crippen molar-refractivity contribution in [1.29, 1.82) is 0 Å². The fourth-order valence-corrected chi connectivity index (χ4v) is 2.09. The monoisotopic (exact) mass is 427 g/mol. The highest BCUT2D eigenvalue weighted by Crippen LogP contribution is 2.12. The molecule has 96 valence electrons. The molecule has 0 aliphatic heterocycles. The van der Waals surface area contributed by atoms with Crippen LogP contribution in [0.3, 0.4) is 0 Å². The molecule has 19 heavy (non-hydrogen) atoms. The SMILES string of the molecule is O=C(/C=C/Nc1ccc(I)cc1)c1ccc(Br)cc1. The molecule has 2 aromatic rings. The van der Waals surface area contributed by atoms with Crippen LogP contribution in [-0.4, -0.2) is 5.78 Å². The summed E-state index contributed by atoms with van der Waals surface area (Å²) in [5.41, 5.74) is 1.63. The zero-order chi connectivity index (χ0) is 13.7. The molecule has 1 N–H and O–H groups in total. The lowest BCUT2D eigenvalue weighted by Crippen LogP contribution is -1.96. The Morgan fingerprint density at radius 1 is 1.05 bits per heavy atom. The normalized spacial score (nSPS) is 10.6. The van der Waals surface area contributed by atoms with Gasteiger partial charge in [0.2, 0.25) is 0 Å². The Labute approximate surface area is 134 Å². The lowest BCUT2D eigenvalue weighted by atomic mass is 10.1. The van der Waals surface area contributed by atoms with Gasteiger partial charge in [0.1, 0.15) is 0 Å². The molecule has 2 aromatic carbocycles. The Kier molecular flexibility index (Phi) is 5.15. The summed E-state index contributed by atoms with van der Waals surface area (Å²) < 4.78 is 2.14. The van der Waals surface area contributed by atoms with Crippen molar-refractivity contribution in [1.82, 2.24) is 0 Å². The summed E-state index contributed by atoms with van der Waals surface area (Å²) in [6.45, 7) is 0. The van der Waals surface area contributed by atoms with Crippen LogP contribution in [0.25, 0.3) is 0 Å². The lowest BCUT2D eigenvalue weighted by Gasteiger charge is -2.00. The van der Waals surface area contributed by atoms with Crippen LogP contribution >= 0.6 is 38.5 Å². The molecule has 0 heterocycles. The van der Waals surface area contributed by atoms with Crippen molar-refractivity contribution in [3.63, 3.8) is 0 Å². The first-order valence-electron chi connectivity index (χ1n) is 5.64. The molecule has 0 aromatic heterocycles. The quantitative estimate of drug-likeness (QED) is 0.428. The minimum atomic E-state index is -0.0227. The van der Waals surface area contributed by atoms with E-state index in [0.717, 1.165) is 10.2 Å². The number of hydrogen-bond donors (Lipinski definition) is 1. The molecular weight excluding hydrogens is 417 g/mol. The van der Waals surface area contributed by atoms with Gasteiger partial charge in [-0.15, -0.1) is 0 Å². The van der Waals surface area contributed by atoms with Crippen molar-refractivity contribution < 1.29 is 4.79 Å². The van der Waals surface area contributed by atoms with Gasteiger partial charge in [-0.05, 0) is 71.1 Å². The van der Waals surface area contributed by atoms with Crippen molar-refractivity contribution in [2.75, 3.05) is 5.32 Å². The fourth-order valence-electron chi connectivity index (χ4n) is 1.47. The predicted molar refractivity (Wildman–Crippen MR) is 90.4 cm³/mol. The third-order valence-electron chi connectivity index (χ3n) is 2.46. The molecule has 0 fully saturated rings. The van der Waals surface area contributed by atoms with Gasteiger partial charge in [-0.2, -0.15) is 0 Å². The van der Waals surface area contributed by atoms with Crippen LogP contribution in [0.1, 0.15) is 10.4 Å². The van der Waals surface area contributed by atoms with Gasteiger partial charge < -0.3 is 5.32 Å². The molecule has 2 nitrogen and oxygen atoms in total. The number of nitrogens with one attached hydrogen (secondary N) is 1. The summed E-state index contributed by atoms with van der Waals surface area (Å²) in [6.07, 6.45) is 3.19. The summed E-state index contributed by atoms with van der Waals surface area (Å²) in [5.74, 6) is -0.0227. The molecule has 0 aliphatic carbocycles. The number of rotatable bonds is 4. The minimum Gasteiger partial charge on any atom is -0.362 e. The fraction of sp³-hybridized carbons (Fsp3) is 0. The topological polar surface area (TPSA) is 29.1 Å². The van der Waals surface area contributed by atoms with Crippen LogP contribution in [0.2, 0.25) is 0 Å². The zero-order valence-electron chi connectivity index (χ0n) is 9.94. The molecule has 0 unspecified atom stereocenters. The molecular formula is C15H11BrINO. The number of halogens is 2. The van der Waals surface area contributed by atoms with Crippen LogP contribution in [-0.2, 0) is 0 Å². The number of allylic oxidation sites excluding steroid dienone is 1. The van der Waals surface area contributed by atoms with Crippen LogP contribution in [0.5, 0.6) is 0 Å². The first kappa shape index (κ1) is 14.3. The van der Waals surface area contributed by atoms with Gasteiger partial charge in [0.25, 0.3) is 0 Å². The summed E-state index contributed by atoms with van der Waals surface area (Å²) in [5, 5.41) is 3.07. The molecule has 0 atom stereocenters. The van der Waals surface area contributed by atoms with Gasteiger partial charge in [0, 0.05) is 31.6 Å². The Bertz CT molecular complexity index is 591. The zero-order valence-corrected chi connectivity index (χ0v) is 13.7. The molecule has 0 aliphatic rings. The summed E-state index contributed by atoms with van der Waals surface area (Å²) in [6, 6.07) is 15.2. The number of benzene rings is 2. The highest BCUT2D eigenvalue weighted by molar-refractivity contribution is 14.1. The predicted octanol–water partition coefficient (Wildman–Crippen LogP) is 4.86. The summed E-state index contributed by atoms with van der Waals surface area (Å²) in [7, 11) is 0. The number of hydrogen-bond acceptors (Lipinski definition) is 2. The van der Waals surface area contributed by atoms with Crippen molar-refractivity contribution in [3.8, 4) is 0 Å². The van der Waals surface area contributed by atoms with Crippen molar-refractivity contribution in [3.05, 3.63) is 74.4 Å². The maximum absolute atomic E-state index is 11.9. The number of ketones is 1. The second-order valence-electron chi connectivity index (χ2n) is 3.86. The molecule has 4 heteroatoms. The van der Waals surface area contributed by atoms with E-state index in [1.807, 2.05) is 36.4 Å². The van der Waals surface area contributed by atoms with Crippen LogP contribution in [0.4, 0.5) is 5.69 Å². The average Bonchev–Trinajstić information content (AvgIpc) is 2.41. The van der Waals surface area contributed by atoms with Crippen molar-refractivity contribution in [2.45, 2.75) is 0 Å². The Morgan fingerprint density at radius 2 is 1.68 bits per heavy atom. The maximum atomic E-state index is 11.9. The first-order chi connectivity index (χ1) is 9.15. The third kappa shape index (κ3) is 4.47. The van der Waals surface area contributed by atoms with E-state index in [1.165, 1.54) is 9.65 Å². The van der Waals surface area contributed by atoms with Gasteiger partial charge in [0.15, 0.2) is 5.78 Å². The average molecular weight is 428 g/mol. The van der Waals surface area contributed by atoms with E-state index in [0.29, 0.717) is 5.56 Å². The molecule has 2 rings (SSSR count). The van der Waals surface area contributed by atoms with E-state index in [4.69, 9.17) is 0 Å². The highest BCUT2D eigenvalue weighted by Gasteiger charge is 2.00. The first-order valence-corrected chi connectivity index (χ1v) is 7.51. The van der Waals surface area contributed by atoms with Gasteiger partial charge >= 0.3 is 0 Å². The largest absolute Gasteiger partial charge is 0.362 e. The molecule has 0 amide bonds. The van der Waals surface area contributed by atoms with E-state index in [1.54, 1.807) is 18.3 Å². The Hall–Kier alpha value is -1.14. The third-order valence-corrected chi connectivity index (χ3v) is 3.71. The molecule has 0 radical (unpaired) electrons. The number of carbonyl (C=O) groups excluding carboxylic acids is 1. The molecule has 0 saturated carbocycles. The Balaban J connectivity index is 1.97. The molecule has 0 saturated heterocycles. The molecule has 0 bridgehead atoms. The van der Waals surface area contributed by atoms with Gasteiger partial charge in [-0.25, -0.2) is 0 Å². The smallest absolute Gasteiger partial charge is 0.187 e. The van der Waals surface area contributed by atoms with E-state index in [2.05, 4.69) is 43.8 Å². The maximum Gasteiger partial charge on any atom is 0.187 e. The van der Waals surface area contributed by atoms with Crippen LogP contribution in [0, 0.1) is 3.57 Å². The van der Waals surface area contributed by atoms with Crippen LogP contribution < -0.4 is 5.32 Å². The Morgan fingerprint density at radius 3 is 2.32 bits per heavy atom. The van der Waals surface area contributed by atoms with E-state index >= 15 is 0 Å². The standard InChI is InChI=1S/C15H11BrINO/c16-12-3-1-11(2-4-12)15(19)9-10-18-14-7-5-13(17)6-8-14/h1-10,18H/b10-9+.